The molecule has 2 bridgehead atoms. The van der Waals surface area contributed by atoms with Crippen LogP contribution in [0.2, 0.25) is 0 Å². The molecule has 0 radical (unpaired) electrons. The topological polar surface area (TPSA) is 3.24 Å². The third kappa shape index (κ3) is 2.01. The normalized spacial score (nSPS) is 33.1. The maximum absolute atomic E-state index is 4.32. The first-order valence-corrected chi connectivity index (χ1v) is 6.54. The monoisotopic (exact) mass is 217 g/mol. The number of likely N-dealkylation sites (tertiary alicyclic amines) is 1. The van der Waals surface area contributed by atoms with Gasteiger partial charge in [0.15, 0.2) is 0 Å². The van der Waals surface area contributed by atoms with Gasteiger partial charge in [-0.25, -0.2) is 0 Å². The molecular formula is C15H23N. The summed E-state index contributed by atoms with van der Waals surface area (Å²) in [7, 11) is 0. The molecule has 16 heavy (non-hydrogen) atoms. The molecule has 88 valence electrons. The van der Waals surface area contributed by atoms with E-state index in [4.69, 9.17) is 0 Å². The predicted molar refractivity (Wildman–Crippen MR) is 70.4 cm³/mol. The summed E-state index contributed by atoms with van der Waals surface area (Å²) < 4.78 is 0. The molecule has 1 saturated carbocycles. The Hall–Kier alpha value is -0.820. The van der Waals surface area contributed by atoms with E-state index in [0.29, 0.717) is 6.04 Å². The molecule has 0 spiro atoms. The maximum atomic E-state index is 4.32. The number of nitrogens with zero attached hydrogens (tertiary/aromatic N) is 1. The van der Waals surface area contributed by atoms with Gasteiger partial charge in [0.05, 0.1) is 0 Å². The number of fused-ring (bicyclic) bond motifs is 2. The Kier molecular flexibility index (Phi) is 3.65. The Bertz CT molecular complexity index is 324. The van der Waals surface area contributed by atoms with Gasteiger partial charge in [0.2, 0.25) is 0 Å². The SMILES string of the molecule is C=C1/C(=C\C=C/C)C2CCN(CCC)C1C2. The van der Waals surface area contributed by atoms with Crippen LogP contribution in [0.25, 0.3) is 0 Å². The zero-order valence-electron chi connectivity index (χ0n) is 10.6. The minimum absolute atomic E-state index is 0.634. The lowest BCUT2D eigenvalue weighted by molar-refractivity contribution is 0.172. The van der Waals surface area contributed by atoms with Gasteiger partial charge >= 0.3 is 0 Å². The van der Waals surface area contributed by atoms with Crippen molar-refractivity contribution in [1.82, 2.24) is 4.90 Å². The summed E-state index contributed by atoms with van der Waals surface area (Å²) in [5, 5.41) is 0. The Morgan fingerprint density at radius 1 is 1.50 bits per heavy atom. The number of piperidine rings is 1. The van der Waals surface area contributed by atoms with Crippen molar-refractivity contribution in [3.63, 3.8) is 0 Å². The molecule has 1 aliphatic carbocycles. The van der Waals surface area contributed by atoms with Crippen LogP contribution in [0.1, 0.15) is 33.1 Å². The molecule has 2 fully saturated rings. The molecule has 0 aromatic rings. The van der Waals surface area contributed by atoms with Gasteiger partial charge < -0.3 is 0 Å². The molecular weight excluding hydrogens is 194 g/mol. The first kappa shape index (κ1) is 11.7. The van der Waals surface area contributed by atoms with Crippen LogP contribution >= 0.6 is 0 Å². The zero-order chi connectivity index (χ0) is 11.5. The van der Waals surface area contributed by atoms with Gasteiger partial charge in [-0.3, -0.25) is 4.90 Å². The van der Waals surface area contributed by atoms with Crippen LogP contribution in [-0.4, -0.2) is 24.0 Å². The van der Waals surface area contributed by atoms with Gasteiger partial charge in [0, 0.05) is 6.04 Å². The lowest BCUT2D eigenvalue weighted by atomic mass is 9.96. The highest BCUT2D eigenvalue weighted by molar-refractivity contribution is 5.43. The van der Waals surface area contributed by atoms with Gasteiger partial charge in [0.1, 0.15) is 0 Å². The van der Waals surface area contributed by atoms with Gasteiger partial charge in [0.25, 0.3) is 0 Å². The van der Waals surface area contributed by atoms with Crippen molar-refractivity contribution in [3.05, 3.63) is 36.0 Å². The van der Waals surface area contributed by atoms with Crippen molar-refractivity contribution >= 4 is 0 Å². The molecule has 1 aliphatic heterocycles. The lowest BCUT2D eigenvalue weighted by Gasteiger charge is -2.32. The smallest absolute Gasteiger partial charge is 0.0350 e. The van der Waals surface area contributed by atoms with Crippen molar-refractivity contribution in [3.8, 4) is 0 Å². The second kappa shape index (κ2) is 5.01. The maximum Gasteiger partial charge on any atom is 0.0350 e. The minimum Gasteiger partial charge on any atom is -0.296 e. The number of hydrogen-bond donors (Lipinski definition) is 0. The molecule has 1 nitrogen and oxygen atoms in total. The Balaban J connectivity index is 2.16. The molecule has 2 rings (SSSR count). The summed E-state index contributed by atoms with van der Waals surface area (Å²) in [5.41, 5.74) is 2.90. The van der Waals surface area contributed by atoms with Crippen LogP contribution in [0, 0.1) is 5.92 Å². The van der Waals surface area contributed by atoms with Gasteiger partial charge in [-0.15, -0.1) is 0 Å². The van der Waals surface area contributed by atoms with E-state index in [-0.39, 0.29) is 0 Å². The van der Waals surface area contributed by atoms with Crippen molar-refractivity contribution in [1.29, 1.82) is 0 Å². The molecule has 0 amide bonds. The molecule has 1 saturated heterocycles. The third-order valence-corrected chi connectivity index (χ3v) is 3.91. The van der Waals surface area contributed by atoms with Gasteiger partial charge in [-0.05, 0) is 56.3 Å². The molecule has 2 aliphatic rings. The standard InChI is InChI=1S/C15H23N/c1-4-6-7-14-12(3)15-11-13(14)8-10-16(15)9-5-2/h4,6-7,13,15H,3,5,8-11H2,1-2H3/b6-4-,14-7+. The van der Waals surface area contributed by atoms with Crippen molar-refractivity contribution < 1.29 is 0 Å². The largest absolute Gasteiger partial charge is 0.296 e. The van der Waals surface area contributed by atoms with E-state index in [2.05, 4.69) is 43.6 Å². The molecule has 1 heterocycles. The van der Waals surface area contributed by atoms with E-state index in [0.717, 1.165) is 5.92 Å². The van der Waals surface area contributed by atoms with Crippen molar-refractivity contribution in [2.75, 3.05) is 13.1 Å². The van der Waals surface area contributed by atoms with Gasteiger partial charge in [-0.2, -0.15) is 0 Å². The van der Waals surface area contributed by atoms with Crippen molar-refractivity contribution in [2.24, 2.45) is 5.92 Å². The van der Waals surface area contributed by atoms with E-state index in [9.17, 15) is 0 Å². The highest BCUT2D eigenvalue weighted by Crippen LogP contribution is 2.43. The van der Waals surface area contributed by atoms with E-state index in [1.165, 1.54) is 43.5 Å². The summed E-state index contributed by atoms with van der Waals surface area (Å²) in [4.78, 5) is 2.62. The summed E-state index contributed by atoms with van der Waals surface area (Å²) in [6.07, 6.45) is 10.4. The quantitative estimate of drug-likeness (QED) is 0.699. The summed E-state index contributed by atoms with van der Waals surface area (Å²) in [5.74, 6) is 0.779. The molecule has 0 N–H and O–H groups in total. The van der Waals surface area contributed by atoms with E-state index in [1.54, 1.807) is 0 Å². The zero-order valence-corrected chi connectivity index (χ0v) is 10.6. The third-order valence-electron chi connectivity index (χ3n) is 3.91. The highest BCUT2D eigenvalue weighted by atomic mass is 15.2. The predicted octanol–water partition coefficient (Wildman–Crippen LogP) is 3.55. The van der Waals surface area contributed by atoms with Crippen LogP contribution in [0.15, 0.2) is 36.0 Å². The van der Waals surface area contributed by atoms with E-state index >= 15 is 0 Å². The second-order valence-corrected chi connectivity index (χ2v) is 4.95. The van der Waals surface area contributed by atoms with Gasteiger partial charge in [-0.1, -0.05) is 31.7 Å². The fraction of sp³-hybridized carbons (Fsp3) is 0.600. The molecule has 2 unspecified atom stereocenters. The number of hydrogen-bond acceptors (Lipinski definition) is 1. The van der Waals surface area contributed by atoms with Crippen LogP contribution < -0.4 is 0 Å². The average Bonchev–Trinajstić information content (AvgIpc) is 2.54. The summed E-state index contributed by atoms with van der Waals surface area (Å²) in [6, 6.07) is 0.634. The number of rotatable bonds is 3. The van der Waals surface area contributed by atoms with E-state index < -0.39 is 0 Å². The van der Waals surface area contributed by atoms with Crippen LogP contribution in [0.4, 0.5) is 0 Å². The molecule has 0 aromatic carbocycles. The Morgan fingerprint density at radius 3 is 3.00 bits per heavy atom. The lowest BCUT2D eigenvalue weighted by Crippen LogP contribution is -2.38. The first-order valence-electron chi connectivity index (χ1n) is 6.54. The fourth-order valence-electron chi connectivity index (χ4n) is 3.11. The molecule has 0 aromatic heterocycles. The summed E-state index contributed by atoms with van der Waals surface area (Å²) >= 11 is 0. The molecule has 2 atom stereocenters. The average molecular weight is 217 g/mol. The first-order chi connectivity index (χ1) is 7.77. The van der Waals surface area contributed by atoms with Crippen LogP contribution in [0.3, 0.4) is 0 Å². The highest BCUT2D eigenvalue weighted by Gasteiger charge is 2.39. The minimum atomic E-state index is 0.634. The Morgan fingerprint density at radius 2 is 2.31 bits per heavy atom. The van der Waals surface area contributed by atoms with E-state index in [1.807, 2.05) is 0 Å². The Labute approximate surface area is 99.5 Å². The van der Waals surface area contributed by atoms with Crippen LogP contribution in [-0.2, 0) is 0 Å². The number of allylic oxidation sites excluding steroid dienone is 3. The molecule has 1 heteroatoms. The second-order valence-electron chi connectivity index (χ2n) is 4.95. The summed E-state index contributed by atoms with van der Waals surface area (Å²) in [6.45, 7) is 11.1. The van der Waals surface area contributed by atoms with Crippen LogP contribution in [0.5, 0.6) is 0 Å². The van der Waals surface area contributed by atoms with Crippen molar-refractivity contribution in [2.45, 2.75) is 39.2 Å². The fourth-order valence-corrected chi connectivity index (χ4v) is 3.11.